The standard InChI is InChI=1S/C31H24BISi/c1-34(33)29-21-10-8-19-27(29)32(28-20-9-11-22-30(28)34)31-25(23-13-4-2-5-14-23)17-12-18-26(31)24-15-6-3-7-16-24/h2-22H,1H3. The zero-order chi connectivity index (χ0) is 23.1. The van der Waals surface area contributed by atoms with E-state index in [2.05, 4.69) is 156 Å². The van der Waals surface area contributed by atoms with Gasteiger partial charge in [0.1, 0.15) is 0 Å². The predicted octanol–water partition coefficient (Wildman–Crippen LogP) is 4.97. The number of hydrogen-bond donors (Lipinski definition) is 0. The molecule has 0 saturated heterocycles. The Hall–Kier alpha value is -2.89. The molecule has 0 N–H and O–H groups in total. The molecule has 0 saturated carbocycles. The molecule has 5 aromatic rings. The second-order valence-corrected chi connectivity index (χ2v) is 18.7. The van der Waals surface area contributed by atoms with Crippen molar-refractivity contribution in [1.29, 1.82) is 0 Å². The molecule has 0 nitrogen and oxygen atoms in total. The topological polar surface area (TPSA) is 0 Å². The van der Waals surface area contributed by atoms with Crippen LogP contribution in [0.3, 0.4) is 0 Å². The first kappa shape index (κ1) is 21.6. The Kier molecular flexibility index (Phi) is 5.55. The lowest BCUT2D eigenvalue weighted by atomic mass is 9.35. The summed E-state index contributed by atoms with van der Waals surface area (Å²) in [4.78, 5) is 0. The maximum absolute atomic E-state index is 2.78. The predicted molar refractivity (Wildman–Crippen MR) is 160 cm³/mol. The Morgan fingerprint density at radius 1 is 0.500 bits per heavy atom. The van der Waals surface area contributed by atoms with Crippen LogP contribution in [-0.2, 0) is 0 Å². The van der Waals surface area contributed by atoms with E-state index in [0.29, 0.717) is 0 Å². The van der Waals surface area contributed by atoms with Crippen molar-refractivity contribution in [3.63, 3.8) is 0 Å². The molecule has 0 bridgehead atoms. The van der Waals surface area contributed by atoms with Crippen molar-refractivity contribution >= 4 is 60.8 Å². The smallest absolute Gasteiger partial charge is 0.107 e. The molecule has 0 fully saturated rings. The van der Waals surface area contributed by atoms with Crippen molar-refractivity contribution in [1.82, 2.24) is 0 Å². The summed E-state index contributed by atoms with van der Waals surface area (Å²) >= 11 is 2.78. The molecule has 0 atom stereocenters. The fraction of sp³-hybridized carbons (Fsp3) is 0.0323. The minimum Gasteiger partial charge on any atom is -0.107 e. The fourth-order valence-corrected chi connectivity index (χ4v) is 11.2. The van der Waals surface area contributed by atoms with Gasteiger partial charge in [0.05, 0.1) is 0 Å². The van der Waals surface area contributed by atoms with Gasteiger partial charge in [0, 0.05) is 0 Å². The van der Waals surface area contributed by atoms with Crippen molar-refractivity contribution in [3.05, 3.63) is 127 Å². The SMILES string of the molecule is C[Si]1(I)c2ccccc2B(c2c(-c3ccccc3)cccc2-c2ccccc2)c2ccccc21. The monoisotopic (exact) mass is 562 g/mol. The fourth-order valence-electron chi connectivity index (χ4n) is 5.59. The minimum absolute atomic E-state index is 0.189. The molecule has 1 aliphatic heterocycles. The summed E-state index contributed by atoms with van der Waals surface area (Å²) in [5.41, 5.74) is 7.67. The summed E-state index contributed by atoms with van der Waals surface area (Å²) in [5.74, 6) is 0. The maximum Gasteiger partial charge on any atom is 0.242 e. The van der Waals surface area contributed by atoms with E-state index in [1.54, 1.807) is 10.4 Å². The first-order valence-corrected chi connectivity index (χ1v) is 17.4. The van der Waals surface area contributed by atoms with E-state index in [4.69, 9.17) is 0 Å². The van der Waals surface area contributed by atoms with E-state index in [-0.39, 0.29) is 6.71 Å². The highest BCUT2D eigenvalue weighted by Crippen LogP contribution is 2.26. The summed E-state index contributed by atoms with van der Waals surface area (Å²) in [7, 11) is 0. The molecule has 5 aromatic carbocycles. The Morgan fingerprint density at radius 3 is 1.38 bits per heavy atom. The van der Waals surface area contributed by atoms with Crippen molar-refractivity contribution < 1.29 is 0 Å². The number of hydrogen-bond acceptors (Lipinski definition) is 0. The number of benzene rings is 5. The highest BCUT2D eigenvalue weighted by Gasteiger charge is 2.43. The maximum atomic E-state index is 2.78. The molecule has 1 aliphatic rings. The Bertz CT molecular complexity index is 1370. The van der Waals surface area contributed by atoms with Crippen LogP contribution < -0.4 is 26.8 Å². The quantitative estimate of drug-likeness (QED) is 0.166. The third-order valence-electron chi connectivity index (χ3n) is 7.12. The number of fused-ring (bicyclic) bond motifs is 2. The van der Waals surface area contributed by atoms with Crippen LogP contribution in [0.1, 0.15) is 0 Å². The van der Waals surface area contributed by atoms with Crippen molar-refractivity contribution in [2.24, 2.45) is 0 Å². The van der Waals surface area contributed by atoms with Gasteiger partial charge in [0.15, 0.2) is 5.57 Å². The third-order valence-corrected chi connectivity index (χ3v) is 13.5. The number of halogens is 1. The van der Waals surface area contributed by atoms with Gasteiger partial charge in [-0.05, 0) is 32.6 Å². The van der Waals surface area contributed by atoms with E-state index < -0.39 is 5.57 Å². The van der Waals surface area contributed by atoms with Gasteiger partial charge in [-0.3, -0.25) is 0 Å². The highest BCUT2D eigenvalue weighted by atomic mass is 127. The van der Waals surface area contributed by atoms with Crippen LogP contribution in [0, 0.1) is 0 Å². The summed E-state index contributed by atoms with van der Waals surface area (Å²) in [5, 5.41) is 3.09. The largest absolute Gasteiger partial charge is 0.242 e. The van der Waals surface area contributed by atoms with Gasteiger partial charge < -0.3 is 0 Å². The second-order valence-electron chi connectivity index (χ2n) is 9.11. The lowest BCUT2D eigenvalue weighted by molar-refractivity contribution is 1.61. The van der Waals surface area contributed by atoms with Gasteiger partial charge in [-0.15, -0.1) is 21.8 Å². The van der Waals surface area contributed by atoms with Crippen molar-refractivity contribution in [2.75, 3.05) is 0 Å². The summed E-state index contributed by atoms with van der Waals surface area (Å²) in [6.45, 7) is 2.68. The van der Waals surface area contributed by atoms with Gasteiger partial charge in [-0.25, -0.2) is 0 Å². The lowest BCUT2D eigenvalue weighted by Crippen LogP contribution is -2.75. The first-order valence-electron chi connectivity index (χ1n) is 11.8. The van der Waals surface area contributed by atoms with Crippen LogP contribution >= 0.6 is 21.8 Å². The van der Waals surface area contributed by atoms with Crippen LogP contribution in [0.4, 0.5) is 0 Å². The molecule has 0 spiro atoms. The minimum atomic E-state index is -1.83. The van der Waals surface area contributed by atoms with E-state index >= 15 is 0 Å². The average Bonchev–Trinajstić information content (AvgIpc) is 2.90. The molecule has 0 radical (unpaired) electrons. The van der Waals surface area contributed by atoms with E-state index in [1.807, 2.05) is 0 Å². The van der Waals surface area contributed by atoms with Crippen LogP contribution in [-0.4, -0.2) is 12.3 Å². The molecular formula is C31H24BISi. The van der Waals surface area contributed by atoms with Crippen LogP contribution in [0.25, 0.3) is 22.3 Å². The van der Waals surface area contributed by atoms with Gasteiger partial charge in [0.25, 0.3) is 0 Å². The Labute approximate surface area is 216 Å². The van der Waals surface area contributed by atoms with Gasteiger partial charge in [0.2, 0.25) is 6.71 Å². The summed E-state index contributed by atoms with van der Waals surface area (Å²) < 4.78 is 0. The van der Waals surface area contributed by atoms with Crippen LogP contribution in [0.2, 0.25) is 6.55 Å². The molecule has 6 rings (SSSR count). The normalized spacial score (nSPS) is 13.8. The van der Waals surface area contributed by atoms with Crippen LogP contribution in [0.5, 0.6) is 0 Å². The molecule has 1 heterocycles. The van der Waals surface area contributed by atoms with Gasteiger partial charge in [-0.2, -0.15) is 0 Å². The average molecular weight is 562 g/mol. The van der Waals surface area contributed by atoms with Crippen molar-refractivity contribution in [3.8, 4) is 22.3 Å². The molecule has 34 heavy (non-hydrogen) atoms. The number of rotatable bonds is 3. The van der Waals surface area contributed by atoms with E-state index in [0.717, 1.165) is 0 Å². The van der Waals surface area contributed by atoms with Gasteiger partial charge in [-0.1, -0.05) is 150 Å². The summed E-state index contributed by atoms with van der Waals surface area (Å²) in [6.07, 6.45) is 0. The van der Waals surface area contributed by atoms with Crippen LogP contribution in [0.15, 0.2) is 127 Å². The van der Waals surface area contributed by atoms with E-state index in [1.165, 1.54) is 38.6 Å². The van der Waals surface area contributed by atoms with E-state index in [9.17, 15) is 0 Å². The molecular weight excluding hydrogens is 538 g/mol. The first-order chi connectivity index (χ1) is 16.7. The molecule has 0 amide bonds. The third kappa shape index (κ3) is 3.50. The molecule has 0 aromatic heterocycles. The Balaban J connectivity index is 1.73. The zero-order valence-corrected chi connectivity index (χ0v) is 22.2. The Morgan fingerprint density at radius 2 is 0.912 bits per heavy atom. The molecule has 3 heteroatoms. The van der Waals surface area contributed by atoms with Gasteiger partial charge >= 0.3 is 0 Å². The summed E-state index contributed by atoms with van der Waals surface area (Å²) in [6, 6.07) is 46.9. The molecule has 162 valence electrons. The second kappa shape index (κ2) is 8.72. The highest BCUT2D eigenvalue weighted by molar-refractivity contribution is 14.1. The lowest BCUT2D eigenvalue weighted by Gasteiger charge is -2.37. The van der Waals surface area contributed by atoms with Crippen molar-refractivity contribution in [2.45, 2.75) is 6.55 Å². The zero-order valence-electron chi connectivity index (χ0n) is 19.1. The molecule has 0 unspecified atom stereocenters. The molecule has 0 aliphatic carbocycles.